The van der Waals surface area contributed by atoms with E-state index in [-0.39, 0.29) is 10.8 Å². The molecule has 0 radical (unpaired) electrons. The largest absolute Gasteiger partial charge is 0.456 e. The molecule has 0 saturated carbocycles. The quantitative estimate of drug-likeness (QED) is 0.611. The second-order valence-corrected chi connectivity index (χ2v) is 5.51. The summed E-state index contributed by atoms with van der Waals surface area (Å²) in [5.74, 6) is 4.08. The number of sulfonamides is 1. The normalized spacial score (nSPS) is 10.4. The zero-order chi connectivity index (χ0) is 12.2. The van der Waals surface area contributed by atoms with E-state index >= 15 is 0 Å². The molecule has 0 saturated heterocycles. The standard InChI is InChI=1S/C9H9NO4S2/c1-2-14-8(11)5-3-7-4-6-9(15-7)16(10,12)13/h4,6H,2H2,1H3,(H2,10,12,13). The average molecular weight is 259 g/mol. The minimum atomic E-state index is -3.70. The Bertz CT molecular complexity index is 548. The molecule has 2 N–H and O–H groups in total. The Balaban J connectivity index is 2.84. The van der Waals surface area contributed by atoms with Crippen molar-refractivity contribution in [2.24, 2.45) is 5.14 Å². The SMILES string of the molecule is CCOC(=O)C#Cc1ccc(S(N)(=O)=O)s1. The summed E-state index contributed by atoms with van der Waals surface area (Å²) in [5, 5.41) is 4.92. The van der Waals surface area contributed by atoms with E-state index in [2.05, 4.69) is 16.6 Å². The lowest BCUT2D eigenvalue weighted by Gasteiger charge is -1.90. The first-order chi connectivity index (χ1) is 7.43. The number of carbonyl (C=O) groups excluding carboxylic acids is 1. The van der Waals surface area contributed by atoms with Crippen LogP contribution in [0.4, 0.5) is 0 Å². The van der Waals surface area contributed by atoms with E-state index in [1.807, 2.05) is 0 Å². The first kappa shape index (κ1) is 12.7. The van der Waals surface area contributed by atoms with Gasteiger partial charge in [0.1, 0.15) is 4.21 Å². The van der Waals surface area contributed by atoms with Gasteiger partial charge in [-0.2, -0.15) is 0 Å². The third-order valence-electron chi connectivity index (χ3n) is 1.42. The van der Waals surface area contributed by atoms with Crippen LogP contribution in [0.5, 0.6) is 0 Å². The third-order valence-corrected chi connectivity index (χ3v) is 3.86. The Morgan fingerprint density at radius 2 is 2.25 bits per heavy atom. The molecule has 0 unspecified atom stereocenters. The number of primary sulfonamides is 1. The van der Waals surface area contributed by atoms with Crippen LogP contribution in [0.15, 0.2) is 16.3 Å². The number of rotatable bonds is 2. The molecule has 7 heteroatoms. The second kappa shape index (κ2) is 5.12. The number of ether oxygens (including phenoxy) is 1. The van der Waals surface area contributed by atoms with Gasteiger partial charge in [0.05, 0.1) is 11.5 Å². The van der Waals surface area contributed by atoms with Gasteiger partial charge >= 0.3 is 5.97 Å². The molecule has 16 heavy (non-hydrogen) atoms. The maximum absolute atomic E-state index is 10.9. The van der Waals surface area contributed by atoms with Crippen molar-refractivity contribution in [3.8, 4) is 11.8 Å². The zero-order valence-corrected chi connectivity index (χ0v) is 10.0. The van der Waals surface area contributed by atoms with E-state index in [1.165, 1.54) is 12.1 Å². The summed E-state index contributed by atoms with van der Waals surface area (Å²) in [5.41, 5.74) is 0. The Morgan fingerprint density at radius 1 is 1.56 bits per heavy atom. The number of hydrogen-bond donors (Lipinski definition) is 1. The van der Waals surface area contributed by atoms with Gasteiger partial charge in [0.25, 0.3) is 0 Å². The van der Waals surface area contributed by atoms with Crippen LogP contribution in [0.25, 0.3) is 0 Å². The highest BCUT2D eigenvalue weighted by Gasteiger charge is 2.10. The molecule has 0 fully saturated rings. The fraction of sp³-hybridized carbons (Fsp3) is 0.222. The van der Waals surface area contributed by atoms with Crippen LogP contribution in [-0.2, 0) is 19.6 Å². The van der Waals surface area contributed by atoms with Crippen LogP contribution in [0.2, 0.25) is 0 Å². The number of hydrogen-bond acceptors (Lipinski definition) is 5. The fourth-order valence-corrected chi connectivity index (χ4v) is 2.40. The molecule has 0 aliphatic carbocycles. The summed E-state index contributed by atoms with van der Waals surface area (Å²) in [6.07, 6.45) is 0. The highest BCUT2D eigenvalue weighted by molar-refractivity contribution is 7.91. The lowest BCUT2D eigenvalue weighted by Crippen LogP contribution is -2.09. The van der Waals surface area contributed by atoms with Crippen molar-refractivity contribution >= 4 is 27.3 Å². The Labute approximate surface area is 97.3 Å². The highest BCUT2D eigenvalue weighted by atomic mass is 32.2. The maximum atomic E-state index is 10.9. The summed E-state index contributed by atoms with van der Waals surface area (Å²) >= 11 is 0.906. The molecule has 0 atom stereocenters. The van der Waals surface area contributed by atoms with Gasteiger partial charge in [-0.3, -0.25) is 0 Å². The molecule has 0 bridgehead atoms. The molecule has 1 aromatic rings. The van der Waals surface area contributed by atoms with Crippen molar-refractivity contribution in [3.63, 3.8) is 0 Å². The fourth-order valence-electron chi connectivity index (χ4n) is 0.820. The Hall–Kier alpha value is -1.36. The average Bonchev–Trinajstić information content (AvgIpc) is 2.63. The van der Waals surface area contributed by atoms with Gasteiger partial charge in [-0.05, 0) is 25.0 Å². The van der Waals surface area contributed by atoms with Gasteiger partial charge in [-0.1, -0.05) is 0 Å². The Morgan fingerprint density at radius 3 is 2.75 bits per heavy atom. The number of carbonyl (C=O) groups is 1. The van der Waals surface area contributed by atoms with Crippen LogP contribution in [0.3, 0.4) is 0 Å². The van der Waals surface area contributed by atoms with Crippen molar-refractivity contribution in [2.45, 2.75) is 11.1 Å². The summed E-state index contributed by atoms with van der Waals surface area (Å²) < 4.78 is 26.5. The monoisotopic (exact) mass is 259 g/mol. The predicted molar refractivity (Wildman–Crippen MR) is 59.2 cm³/mol. The van der Waals surface area contributed by atoms with Crippen LogP contribution in [0.1, 0.15) is 11.8 Å². The van der Waals surface area contributed by atoms with Gasteiger partial charge in [-0.15, -0.1) is 11.3 Å². The summed E-state index contributed by atoms with van der Waals surface area (Å²) in [7, 11) is -3.70. The van der Waals surface area contributed by atoms with Crippen molar-refractivity contribution in [3.05, 3.63) is 17.0 Å². The lowest BCUT2D eigenvalue weighted by atomic mass is 10.4. The van der Waals surface area contributed by atoms with E-state index in [9.17, 15) is 13.2 Å². The van der Waals surface area contributed by atoms with Gasteiger partial charge < -0.3 is 4.74 Å². The minimum absolute atomic E-state index is 0.0145. The van der Waals surface area contributed by atoms with E-state index in [4.69, 9.17) is 5.14 Å². The number of nitrogens with two attached hydrogens (primary N) is 1. The van der Waals surface area contributed by atoms with Gasteiger partial charge in [0.15, 0.2) is 0 Å². The molecule has 5 nitrogen and oxygen atoms in total. The molecule has 1 rings (SSSR count). The summed E-state index contributed by atoms with van der Waals surface area (Å²) in [4.78, 5) is 11.3. The molecule has 0 aliphatic rings. The first-order valence-electron chi connectivity index (χ1n) is 4.25. The van der Waals surface area contributed by atoms with Crippen LogP contribution < -0.4 is 5.14 Å². The van der Waals surface area contributed by atoms with Crippen molar-refractivity contribution in [2.75, 3.05) is 6.61 Å². The van der Waals surface area contributed by atoms with E-state index in [1.54, 1.807) is 6.92 Å². The van der Waals surface area contributed by atoms with Crippen molar-refractivity contribution in [1.82, 2.24) is 0 Å². The number of thiophene rings is 1. The van der Waals surface area contributed by atoms with Crippen LogP contribution in [-0.4, -0.2) is 21.0 Å². The van der Waals surface area contributed by atoms with Gasteiger partial charge in [-0.25, -0.2) is 18.4 Å². The molecule has 0 spiro atoms. The third kappa shape index (κ3) is 3.66. The summed E-state index contributed by atoms with van der Waals surface area (Å²) in [6, 6.07) is 2.83. The zero-order valence-electron chi connectivity index (χ0n) is 8.39. The van der Waals surface area contributed by atoms with E-state index in [0.717, 1.165) is 11.3 Å². The molecular formula is C9H9NO4S2. The smallest absolute Gasteiger partial charge is 0.384 e. The second-order valence-electron chi connectivity index (χ2n) is 2.63. The lowest BCUT2D eigenvalue weighted by molar-refractivity contribution is -0.136. The Kier molecular flexibility index (Phi) is 4.06. The van der Waals surface area contributed by atoms with Crippen molar-refractivity contribution in [1.29, 1.82) is 0 Å². The van der Waals surface area contributed by atoms with Crippen molar-refractivity contribution < 1.29 is 17.9 Å². The van der Waals surface area contributed by atoms with Gasteiger partial charge in [0.2, 0.25) is 10.0 Å². The minimum Gasteiger partial charge on any atom is -0.456 e. The highest BCUT2D eigenvalue weighted by Crippen LogP contribution is 2.18. The molecule has 1 heterocycles. The molecule has 86 valence electrons. The molecule has 0 aromatic carbocycles. The van der Waals surface area contributed by atoms with Gasteiger partial charge in [0, 0.05) is 5.92 Å². The van der Waals surface area contributed by atoms with E-state index < -0.39 is 16.0 Å². The number of esters is 1. The summed E-state index contributed by atoms with van der Waals surface area (Å²) in [6.45, 7) is 1.92. The molecule has 0 aliphatic heterocycles. The van der Waals surface area contributed by atoms with Crippen LogP contribution >= 0.6 is 11.3 Å². The topological polar surface area (TPSA) is 86.5 Å². The molecule has 0 amide bonds. The van der Waals surface area contributed by atoms with E-state index in [0.29, 0.717) is 4.88 Å². The van der Waals surface area contributed by atoms with Crippen LogP contribution in [0, 0.1) is 11.8 Å². The first-order valence-corrected chi connectivity index (χ1v) is 6.61. The predicted octanol–water partition coefficient (Wildman–Crippen LogP) is 0.310. The molecular weight excluding hydrogens is 250 g/mol. The molecule has 1 aromatic heterocycles. The maximum Gasteiger partial charge on any atom is 0.384 e.